The number of oxazole rings is 1. The minimum atomic E-state index is 0.693. The Morgan fingerprint density at radius 3 is 2.62 bits per heavy atom. The summed E-state index contributed by atoms with van der Waals surface area (Å²) >= 11 is 1.54. The van der Waals surface area contributed by atoms with E-state index in [-0.39, 0.29) is 0 Å². The number of hydrogen-bond acceptors (Lipinski definition) is 4. The van der Waals surface area contributed by atoms with Crippen molar-refractivity contribution < 1.29 is 4.42 Å². The molecule has 0 aliphatic heterocycles. The second kappa shape index (κ2) is 5.18. The Morgan fingerprint density at radius 2 is 2.06 bits per heavy atom. The number of hydrogen-bond donors (Lipinski definition) is 1. The maximum absolute atomic E-state index is 5.29. The van der Waals surface area contributed by atoms with Crippen LogP contribution in [-0.4, -0.2) is 12.0 Å². The van der Waals surface area contributed by atoms with E-state index in [1.54, 1.807) is 6.26 Å². The van der Waals surface area contributed by atoms with E-state index in [1.165, 1.54) is 17.3 Å². The first kappa shape index (κ1) is 11.2. The molecule has 84 valence electrons. The summed E-state index contributed by atoms with van der Waals surface area (Å²) in [6.07, 6.45) is 1.66. The number of aryl methyl sites for hydroxylation is 1. The van der Waals surface area contributed by atoms with Gasteiger partial charge in [0, 0.05) is 11.4 Å². The quantitative estimate of drug-likeness (QED) is 0.882. The summed E-state index contributed by atoms with van der Waals surface area (Å²) < 4.78 is 5.29. The van der Waals surface area contributed by atoms with Crippen LogP contribution in [0.15, 0.2) is 45.1 Å². The van der Waals surface area contributed by atoms with E-state index in [1.807, 2.05) is 14.0 Å². The summed E-state index contributed by atoms with van der Waals surface area (Å²) in [5, 5.41) is 3.81. The van der Waals surface area contributed by atoms with E-state index in [9.17, 15) is 0 Å². The van der Waals surface area contributed by atoms with Crippen molar-refractivity contribution in [3.8, 4) is 0 Å². The smallest absolute Gasteiger partial charge is 0.260 e. The maximum atomic E-state index is 5.29. The van der Waals surface area contributed by atoms with Crippen molar-refractivity contribution in [1.29, 1.82) is 0 Å². The molecule has 0 fully saturated rings. The van der Waals surface area contributed by atoms with Crippen LogP contribution in [0, 0.1) is 6.92 Å². The molecule has 4 heteroatoms. The predicted molar refractivity (Wildman–Crippen MR) is 64.6 cm³/mol. The summed E-state index contributed by atoms with van der Waals surface area (Å²) in [6, 6.07) is 8.37. The van der Waals surface area contributed by atoms with Gasteiger partial charge in [-0.15, -0.1) is 0 Å². The van der Waals surface area contributed by atoms with Gasteiger partial charge in [-0.25, -0.2) is 4.98 Å². The van der Waals surface area contributed by atoms with Crippen LogP contribution in [-0.2, 0) is 6.54 Å². The minimum Gasteiger partial charge on any atom is -0.439 e. The van der Waals surface area contributed by atoms with Gasteiger partial charge in [-0.3, -0.25) is 0 Å². The molecule has 1 aromatic carbocycles. The molecule has 0 bridgehead atoms. The molecule has 0 aliphatic carbocycles. The molecule has 2 aromatic rings. The summed E-state index contributed by atoms with van der Waals surface area (Å²) in [5.41, 5.74) is 2.18. The first-order chi connectivity index (χ1) is 7.78. The van der Waals surface area contributed by atoms with Crippen LogP contribution in [0.4, 0.5) is 0 Å². The van der Waals surface area contributed by atoms with Crippen molar-refractivity contribution in [2.75, 3.05) is 7.05 Å². The zero-order valence-electron chi connectivity index (χ0n) is 9.36. The number of nitrogens with zero attached hydrogens (tertiary/aromatic N) is 1. The summed E-state index contributed by atoms with van der Waals surface area (Å²) in [7, 11) is 1.94. The van der Waals surface area contributed by atoms with E-state index in [2.05, 4.69) is 34.6 Å². The largest absolute Gasteiger partial charge is 0.439 e. The molecule has 0 unspecified atom stereocenters. The van der Waals surface area contributed by atoms with Crippen molar-refractivity contribution in [3.63, 3.8) is 0 Å². The number of nitrogens with one attached hydrogen (secondary N) is 1. The predicted octanol–water partition coefficient (Wildman–Crippen LogP) is 2.85. The van der Waals surface area contributed by atoms with Gasteiger partial charge < -0.3 is 9.73 Å². The highest BCUT2D eigenvalue weighted by atomic mass is 32.2. The van der Waals surface area contributed by atoms with Gasteiger partial charge in [0.25, 0.3) is 5.22 Å². The van der Waals surface area contributed by atoms with Crippen LogP contribution in [0.1, 0.15) is 11.3 Å². The third kappa shape index (κ3) is 2.87. The van der Waals surface area contributed by atoms with Gasteiger partial charge in [-0.05, 0) is 43.4 Å². The molecule has 0 saturated heterocycles. The Balaban J connectivity index is 2.05. The Kier molecular flexibility index (Phi) is 3.64. The van der Waals surface area contributed by atoms with Gasteiger partial charge in [-0.1, -0.05) is 12.1 Å². The van der Waals surface area contributed by atoms with Crippen molar-refractivity contribution in [2.45, 2.75) is 23.6 Å². The molecule has 0 radical (unpaired) electrons. The fourth-order valence-electron chi connectivity index (χ4n) is 1.36. The van der Waals surface area contributed by atoms with Crippen LogP contribution in [0.25, 0.3) is 0 Å². The van der Waals surface area contributed by atoms with Gasteiger partial charge in [0.1, 0.15) is 6.26 Å². The van der Waals surface area contributed by atoms with Crippen LogP contribution in [0.2, 0.25) is 0 Å². The SMILES string of the molecule is CNCc1ccc(Sc2nc(C)co2)cc1. The fourth-order valence-corrected chi connectivity index (χ4v) is 2.12. The highest BCUT2D eigenvalue weighted by Crippen LogP contribution is 2.26. The second-order valence-corrected chi connectivity index (χ2v) is 4.56. The lowest BCUT2D eigenvalue weighted by Gasteiger charge is -2.01. The lowest BCUT2D eigenvalue weighted by Crippen LogP contribution is -2.04. The van der Waals surface area contributed by atoms with Crippen LogP contribution >= 0.6 is 11.8 Å². The van der Waals surface area contributed by atoms with Gasteiger partial charge in [0.05, 0.1) is 5.69 Å². The molecule has 0 saturated carbocycles. The number of aromatic nitrogens is 1. The highest BCUT2D eigenvalue weighted by molar-refractivity contribution is 7.99. The average molecular weight is 234 g/mol. The number of benzene rings is 1. The van der Waals surface area contributed by atoms with E-state index >= 15 is 0 Å². The standard InChI is InChI=1S/C12H14N2OS/c1-9-8-15-12(14-9)16-11-5-3-10(4-6-11)7-13-2/h3-6,8,13H,7H2,1-2H3. The lowest BCUT2D eigenvalue weighted by atomic mass is 10.2. The first-order valence-corrected chi connectivity index (χ1v) is 5.93. The molecule has 0 amide bonds. The van der Waals surface area contributed by atoms with Crippen molar-refractivity contribution in [1.82, 2.24) is 10.3 Å². The second-order valence-electron chi connectivity index (χ2n) is 3.53. The molecule has 16 heavy (non-hydrogen) atoms. The molecular weight excluding hydrogens is 220 g/mol. The molecule has 0 aliphatic rings. The van der Waals surface area contributed by atoms with Crippen molar-refractivity contribution >= 4 is 11.8 Å². The van der Waals surface area contributed by atoms with E-state index < -0.39 is 0 Å². The van der Waals surface area contributed by atoms with Gasteiger partial charge in [0.15, 0.2) is 0 Å². The summed E-state index contributed by atoms with van der Waals surface area (Å²) in [6.45, 7) is 2.81. The fraction of sp³-hybridized carbons (Fsp3) is 0.250. The third-order valence-electron chi connectivity index (χ3n) is 2.11. The topological polar surface area (TPSA) is 38.1 Å². The lowest BCUT2D eigenvalue weighted by molar-refractivity contribution is 0.454. The van der Waals surface area contributed by atoms with Gasteiger partial charge in [-0.2, -0.15) is 0 Å². The van der Waals surface area contributed by atoms with E-state index in [0.29, 0.717) is 5.22 Å². The Labute approximate surface area is 99.3 Å². The molecule has 1 aromatic heterocycles. The Morgan fingerprint density at radius 1 is 1.31 bits per heavy atom. The van der Waals surface area contributed by atoms with Crippen LogP contribution in [0.5, 0.6) is 0 Å². The zero-order valence-corrected chi connectivity index (χ0v) is 10.2. The van der Waals surface area contributed by atoms with Gasteiger partial charge in [0.2, 0.25) is 0 Å². The average Bonchev–Trinajstić information content (AvgIpc) is 2.67. The van der Waals surface area contributed by atoms with Crippen molar-refractivity contribution in [2.24, 2.45) is 0 Å². The van der Waals surface area contributed by atoms with Gasteiger partial charge >= 0.3 is 0 Å². The maximum Gasteiger partial charge on any atom is 0.260 e. The molecule has 0 atom stereocenters. The van der Waals surface area contributed by atoms with E-state index in [0.717, 1.165) is 17.1 Å². The van der Waals surface area contributed by atoms with Crippen LogP contribution in [0.3, 0.4) is 0 Å². The van der Waals surface area contributed by atoms with E-state index in [4.69, 9.17) is 4.42 Å². The number of rotatable bonds is 4. The molecule has 3 nitrogen and oxygen atoms in total. The Bertz CT molecular complexity index is 450. The molecule has 1 heterocycles. The molecule has 1 N–H and O–H groups in total. The Hall–Kier alpha value is -1.26. The molecule has 0 spiro atoms. The monoisotopic (exact) mass is 234 g/mol. The highest BCUT2D eigenvalue weighted by Gasteiger charge is 2.03. The summed E-state index contributed by atoms with van der Waals surface area (Å²) in [4.78, 5) is 5.39. The first-order valence-electron chi connectivity index (χ1n) is 5.11. The molecule has 2 rings (SSSR count). The minimum absolute atomic E-state index is 0.693. The molecular formula is C12H14N2OS. The summed E-state index contributed by atoms with van der Waals surface area (Å²) in [5.74, 6) is 0. The van der Waals surface area contributed by atoms with Crippen molar-refractivity contribution in [3.05, 3.63) is 41.8 Å². The normalized spacial score (nSPS) is 10.6. The third-order valence-corrected chi connectivity index (χ3v) is 2.98. The van der Waals surface area contributed by atoms with Crippen LogP contribution < -0.4 is 5.32 Å². The zero-order chi connectivity index (χ0) is 11.4.